The van der Waals surface area contributed by atoms with Crippen molar-refractivity contribution in [2.75, 3.05) is 14.2 Å². The number of Topliss-reactive ketones (excluding diaryl/α,β-unsaturated/α-hetero) is 2. The predicted octanol–water partition coefficient (Wildman–Crippen LogP) is 4.58. The number of ether oxygens (including phenoxy) is 2. The summed E-state index contributed by atoms with van der Waals surface area (Å²) in [6.07, 6.45) is 5.45. The molecule has 146 valence electrons. The summed E-state index contributed by atoms with van der Waals surface area (Å²) < 4.78 is 10.9. The van der Waals surface area contributed by atoms with Gasteiger partial charge >= 0.3 is 0 Å². The third kappa shape index (κ3) is 2.34. The van der Waals surface area contributed by atoms with Crippen LogP contribution in [0, 0.1) is 23.2 Å². The van der Waals surface area contributed by atoms with E-state index in [-0.39, 0.29) is 28.3 Å². The van der Waals surface area contributed by atoms with Crippen molar-refractivity contribution in [3.8, 4) is 11.5 Å². The summed E-state index contributed by atoms with van der Waals surface area (Å²) in [5.41, 5.74) is 1.03. The quantitative estimate of drug-likeness (QED) is 0.715. The number of benzene rings is 1. The second-order valence-electron chi connectivity index (χ2n) is 9.32. The van der Waals surface area contributed by atoms with Crippen LogP contribution >= 0.6 is 0 Å². The molecule has 0 bridgehead atoms. The van der Waals surface area contributed by atoms with Crippen molar-refractivity contribution >= 4 is 11.6 Å². The average Bonchev–Trinajstić information content (AvgIpc) is 2.64. The molecule has 5 atom stereocenters. The number of hydrogen-bond donors (Lipinski definition) is 0. The maximum atomic E-state index is 13.4. The Morgan fingerprint density at radius 1 is 1.00 bits per heavy atom. The lowest BCUT2D eigenvalue weighted by atomic mass is 9.42. The molecule has 2 saturated carbocycles. The molecule has 0 saturated heterocycles. The molecule has 0 spiro atoms. The van der Waals surface area contributed by atoms with Crippen LogP contribution in [0.25, 0.3) is 0 Å². The Kier molecular flexibility index (Phi) is 4.17. The Labute approximate surface area is 161 Å². The summed E-state index contributed by atoms with van der Waals surface area (Å²) in [5, 5.41) is 0. The molecule has 4 heteroatoms. The van der Waals surface area contributed by atoms with Crippen molar-refractivity contribution in [3.05, 3.63) is 23.3 Å². The SMILES string of the molecule is COc1cc2c(cc1OC)C1(C)CCC3C(C)CCCC3(C)C1C(=O)C2=O. The smallest absolute Gasteiger partial charge is 0.229 e. The normalized spacial score (nSPS) is 37.9. The van der Waals surface area contributed by atoms with Gasteiger partial charge in [0, 0.05) is 16.9 Å². The van der Waals surface area contributed by atoms with Gasteiger partial charge < -0.3 is 9.47 Å². The van der Waals surface area contributed by atoms with Crippen LogP contribution in [-0.4, -0.2) is 25.8 Å². The first kappa shape index (κ1) is 18.5. The van der Waals surface area contributed by atoms with E-state index in [1.807, 2.05) is 6.07 Å². The molecule has 0 amide bonds. The first-order chi connectivity index (χ1) is 12.8. The summed E-state index contributed by atoms with van der Waals surface area (Å²) in [6.45, 7) is 6.78. The minimum absolute atomic E-state index is 0.109. The van der Waals surface area contributed by atoms with Gasteiger partial charge in [0.05, 0.1) is 14.2 Å². The molecule has 1 aromatic carbocycles. The molecule has 0 N–H and O–H groups in total. The van der Waals surface area contributed by atoms with Gasteiger partial charge in [0.15, 0.2) is 11.5 Å². The molecule has 1 aromatic rings. The second kappa shape index (κ2) is 6.08. The van der Waals surface area contributed by atoms with E-state index in [1.165, 1.54) is 6.42 Å². The van der Waals surface area contributed by atoms with Gasteiger partial charge in [0.1, 0.15) is 0 Å². The molecule has 27 heavy (non-hydrogen) atoms. The molecule has 4 rings (SSSR count). The van der Waals surface area contributed by atoms with Crippen LogP contribution in [0.2, 0.25) is 0 Å². The Balaban J connectivity index is 1.92. The maximum absolute atomic E-state index is 13.4. The van der Waals surface area contributed by atoms with Crippen LogP contribution in [0.4, 0.5) is 0 Å². The molecular weight excluding hydrogens is 340 g/mol. The van der Waals surface area contributed by atoms with Crippen molar-refractivity contribution < 1.29 is 19.1 Å². The van der Waals surface area contributed by atoms with E-state index < -0.39 is 0 Å². The number of hydrogen-bond acceptors (Lipinski definition) is 4. The fourth-order valence-corrected chi connectivity index (χ4v) is 6.82. The van der Waals surface area contributed by atoms with Crippen molar-refractivity contribution in [2.45, 2.75) is 58.3 Å². The molecule has 0 radical (unpaired) electrons. The van der Waals surface area contributed by atoms with Gasteiger partial charge in [-0.2, -0.15) is 0 Å². The topological polar surface area (TPSA) is 52.6 Å². The summed E-state index contributed by atoms with van der Waals surface area (Å²) in [6, 6.07) is 3.65. The number of carbonyl (C=O) groups is 2. The van der Waals surface area contributed by atoms with Crippen LogP contribution < -0.4 is 9.47 Å². The van der Waals surface area contributed by atoms with Gasteiger partial charge in [-0.3, -0.25) is 9.59 Å². The standard InChI is InChI=1S/C23H30O4/c1-13-7-6-9-22(2)15(13)8-10-23(3)16-12-18(27-5)17(26-4)11-14(16)19(24)20(25)21(22)23/h11-13,15,21H,6-10H2,1-5H3. The van der Waals surface area contributed by atoms with Crippen LogP contribution in [0.1, 0.15) is 68.8 Å². The molecule has 4 nitrogen and oxygen atoms in total. The fraction of sp³-hybridized carbons (Fsp3) is 0.652. The van der Waals surface area contributed by atoms with Gasteiger partial charge in [-0.05, 0) is 54.2 Å². The number of carbonyl (C=O) groups excluding carboxylic acids is 2. The van der Waals surface area contributed by atoms with E-state index in [0.717, 1.165) is 31.2 Å². The lowest BCUT2D eigenvalue weighted by Gasteiger charge is -2.60. The van der Waals surface area contributed by atoms with Gasteiger partial charge in [-0.1, -0.05) is 33.6 Å². The Bertz CT molecular complexity index is 813. The fourth-order valence-electron chi connectivity index (χ4n) is 6.82. The zero-order valence-corrected chi connectivity index (χ0v) is 17.1. The highest BCUT2D eigenvalue weighted by Crippen LogP contribution is 2.63. The van der Waals surface area contributed by atoms with E-state index in [0.29, 0.717) is 28.9 Å². The molecule has 0 aromatic heterocycles. The largest absolute Gasteiger partial charge is 0.493 e. The minimum Gasteiger partial charge on any atom is -0.493 e. The molecule has 2 fully saturated rings. The molecule has 5 unspecified atom stereocenters. The summed E-state index contributed by atoms with van der Waals surface area (Å²) in [7, 11) is 3.17. The van der Waals surface area contributed by atoms with E-state index in [2.05, 4.69) is 20.8 Å². The van der Waals surface area contributed by atoms with E-state index in [9.17, 15) is 9.59 Å². The zero-order valence-electron chi connectivity index (χ0n) is 17.1. The van der Waals surface area contributed by atoms with Crippen LogP contribution in [0.15, 0.2) is 12.1 Å². The van der Waals surface area contributed by atoms with Crippen LogP contribution in [0.3, 0.4) is 0 Å². The van der Waals surface area contributed by atoms with Crippen molar-refractivity contribution in [3.63, 3.8) is 0 Å². The molecular formula is C23H30O4. The highest BCUT2D eigenvalue weighted by Gasteiger charge is 2.62. The highest BCUT2D eigenvalue weighted by molar-refractivity contribution is 6.46. The van der Waals surface area contributed by atoms with Crippen molar-refractivity contribution in [1.29, 1.82) is 0 Å². The third-order valence-electron chi connectivity index (χ3n) is 8.05. The van der Waals surface area contributed by atoms with Gasteiger partial charge in [0.2, 0.25) is 11.6 Å². The Morgan fingerprint density at radius 2 is 1.67 bits per heavy atom. The van der Waals surface area contributed by atoms with Crippen LogP contribution in [-0.2, 0) is 10.2 Å². The molecule has 3 aliphatic rings. The number of rotatable bonds is 2. The lowest BCUT2D eigenvalue weighted by Crippen LogP contribution is -2.60. The molecule has 3 aliphatic carbocycles. The number of ketones is 2. The Hall–Kier alpha value is -1.84. The zero-order chi connectivity index (χ0) is 19.6. The lowest BCUT2D eigenvalue weighted by molar-refractivity contribution is -0.139. The van der Waals surface area contributed by atoms with E-state index >= 15 is 0 Å². The summed E-state index contributed by atoms with van der Waals surface area (Å²) in [5.74, 6) is 1.47. The number of methoxy groups -OCH3 is 2. The summed E-state index contributed by atoms with van der Waals surface area (Å²) >= 11 is 0. The third-order valence-corrected chi connectivity index (χ3v) is 8.05. The van der Waals surface area contributed by atoms with Crippen molar-refractivity contribution in [2.24, 2.45) is 23.2 Å². The van der Waals surface area contributed by atoms with Crippen LogP contribution in [0.5, 0.6) is 11.5 Å². The second-order valence-corrected chi connectivity index (χ2v) is 9.32. The monoisotopic (exact) mass is 370 g/mol. The molecule has 0 aliphatic heterocycles. The number of fused-ring (bicyclic) bond motifs is 5. The maximum Gasteiger partial charge on any atom is 0.229 e. The minimum atomic E-state index is -0.353. The molecule has 0 heterocycles. The van der Waals surface area contributed by atoms with E-state index in [4.69, 9.17) is 9.47 Å². The van der Waals surface area contributed by atoms with Gasteiger partial charge in [0.25, 0.3) is 0 Å². The summed E-state index contributed by atoms with van der Waals surface area (Å²) in [4.78, 5) is 26.6. The first-order valence-corrected chi connectivity index (χ1v) is 10.1. The van der Waals surface area contributed by atoms with Gasteiger partial charge in [-0.25, -0.2) is 0 Å². The Morgan fingerprint density at radius 3 is 2.33 bits per heavy atom. The predicted molar refractivity (Wildman–Crippen MR) is 104 cm³/mol. The van der Waals surface area contributed by atoms with Crippen molar-refractivity contribution in [1.82, 2.24) is 0 Å². The highest BCUT2D eigenvalue weighted by atomic mass is 16.5. The first-order valence-electron chi connectivity index (χ1n) is 10.1. The van der Waals surface area contributed by atoms with E-state index in [1.54, 1.807) is 20.3 Å². The average molecular weight is 370 g/mol. The van der Waals surface area contributed by atoms with Gasteiger partial charge in [-0.15, -0.1) is 0 Å².